The van der Waals surface area contributed by atoms with E-state index in [9.17, 15) is 9.18 Å². The Bertz CT molecular complexity index is 361. The first-order chi connectivity index (χ1) is 6.61. The van der Waals surface area contributed by atoms with Crippen LogP contribution in [0.3, 0.4) is 0 Å². The number of carboxylic acids is 1. The lowest BCUT2D eigenvalue weighted by Gasteiger charge is -2.10. The van der Waals surface area contributed by atoms with E-state index >= 15 is 0 Å². The molecule has 0 fully saturated rings. The number of hydrogen-bond donors (Lipinski definition) is 1. The molecule has 0 saturated carbocycles. The van der Waals surface area contributed by atoms with Crippen molar-refractivity contribution < 1.29 is 19.0 Å². The van der Waals surface area contributed by atoms with Crippen molar-refractivity contribution in [2.75, 3.05) is 7.11 Å². The fraction of sp³-hybridized carbons (Fsp3) is 0.300. The summed E-state index contributed by atoms with van der Waals surface area (Å²) >= 11 is 0. The van der Waals surface area contributed by atoms with Gasteiger partial charge in [0.15, 0.2) is 0 Å². The van der Waals surface area contributed by atoms with Gasteiger partial charge in [-0.25, -0.2) is 9.18 Å². The summed E-state index contributed by atoms with van der Waals surface area (Å²) < 4.78 is 18.1. The molecule has 1 aromatic rings. The lowest BCUT2D eigenvalue weighted by Crippen LogP contribution is -2.04. The molecule has 0 heterocycles. The number of ether oxygens (including phenoxy) is 1. The number of rotatable bonds is 3. The van der Waals surface area contributed by atoms with Crippen LogP contribution in [0.2, 0.25) is 0 Å². The maximum atomic E-state index is 13.2. The first-order valence-corrected chi connectivity index (χ1v) is 4.20. The van der Waals surface area contributed by atoms with Gasteiger partial charge in [-0.2, -0.15) is 0 Å². The minimum Gasteiger partial charge on any atom is -0.495 e. The van der Waals surface area contributed by atoms with E-state index in [1.54, 1.807) is 6.92 Å². The Balaban J connectivity index is 3.40. The fourth-order valence-electron chi connectivity index (χ4n) is 1.33. The van der Waals surface area contributed by atoms with Crippen molar-refractivity contribution in [1.29, 1.82) is 0 Å². The fourth-order valence-corrected chi connectivity index (χ4v) is 1.33. The Morgan fingerprint density at radius 2 is 2.21 bits per heavy atom. The highest BCUT2D eigenvalue weighted by Gasteiger charge is 2.17. The summed E-state index contributed by atoms with van der Waals surface area (Å²) in [6.45, 7) is 1.74. The van der Waals surface area contributed by atoms with Gasteiger partial charge in [0.05, 0.1) is 7.11 Å². The van der Waals surface area contributed by atoms with Crippen molar-refractivity contribution in [1.82, 2.24) is 0 Å². The summed E-state index contributed by atoms with van der Waals surface area (Å²) in [5, 5.41) is 8.81. The highest BCUT2D eigenvalue weighted by atomic mass is 19.1. The first-order valence-electron chi connectivity index (χ1n) is 4.20. The van der Waals surface area contributed by atoms with Gasteiger partial charge in [0, 0.05) is 5.56 Å². The molecule has 0 aliphatic carbocycles. The molecule has 0 spiro atoms. The van der Waals surface area contributed by atoms with E-state index in [2.05, 4.69) is 0 Å². The molecule has 0 aliphatic rings. The molecule has 76 valence electrons. The molecule has 14 heavy (non-hydrogen) atoms. The van der Waals surface area contributed by atoms with Crippen molar-refractivity contribution in [2.24, 2.45) is 0 Å². The SMILES string of the molecule is CCc1c(F)ccc(C(=O)O)c1OC. The average Bonchev–Trinajstić information content (AvgIpc) is 2.16. The zero-order chi connectivity index (χ0) is 10.7. The van der Waals surface area contributed by atoms with Crippen LogP contribution >= 0.6 is 0 Å². The van der Waals surface area contributed by atoms with E-state index in [1.165, 1.54) is 13.2 Å². The number of carboxylic acid groups (broad SMARTS) is 1. The standard InChI is InChI=1S/C10H11FO3/c1-3-6-8(11)5-4-7(10(12)13)9(6)14-2/h4-5H,3H2,1-2H3,(H,12,13). The predicted octanol–water partition coefficient (Wildman–Crippen LogP) is 2.09. The summed E-state index contributed by atoms with van der Waals surface area (Å²) in [7, 11) is 1.33. The Labute approximate surface area is 81.1 Å². The molecule has 0 amide bonds. The molecule has 0 aromatic heterocycles. The smallest absolute Gasteiger partial charge is 0.339 e. The molecule has 1 aromatic carbocycles. The van der Waals surface area contributed by atoms with E-state index in [4.69, 9.17) is 9.84 Å². The molecule has 0 saturated heterocycles. The molecule has 1 N–H and O–H groups in total. The van der Waals surface area contributed by atoms with Crippen LogP contribution in [0.5, 0.6) is 5.75 Å². The highest BCUT2D eigenvalue weighted by Crippen LogP contribution is 2.26. The quantitative estimate of drug-likeness (QED) is 0.808. The van der Waals surface area contributed by atoms with Crippen LogP contribution in [0.15, 0.2) is 12.1 Å². The lowest BCUT2D eigenvalue weighted by atomic mass is 10.1. The van der Waals surface area contributed by atoms with Crippen molar-refractivity contribution >= 4 is 5.97 Å². The molecule has 3 nitrogen and oxygen atoms in total. The van der Waals surface area contributed by atoms with E-state index in [0.717, 1.165) is 6.07 Å². The molecule has 0 aliphatic heterocycles. The minimum atomic E-state index is -1.11. The van der Waals surface area contributed by atoms with Crippen molar-refractivity contribution in [3.8, 4) is 5.75 Å². The van der Waals surface area contributed by atoms with Gasteiger partial charge in [-0.1, -0.05) is 6.92 Å². The van der Waals surface area contributed by atoms with Gasteiger partial charge in [-0.05, 0) is 18.6 Å². The third-order valence-electron chi connectivity index (χ3n) is 1.99. The Morgan fingerprint density at radius 1 is 1.57 bits per heavy atom. The average molecular weight is 198 g/mol. The van der Waals surface area contributed by atoms with Crippen LogP contribution in [-0.2, 0) is 6.42 Å². The molecule has 0 bridgehead atoms. The van der Waals surface area contributed by atoms with Crippen LogP contribution in [0, 0.1) is 5.82 Å². The van der Waals surface area contributed by atoms with Crippen LogP contribution < -0.4 is 4.74 Å². The Morgan fingerprint density at radius 3 is 2.64 bits per heavy atom. The van der Waals surface area contributed by atoms with Crippen LogP contribution in [0.1, 0.15) is 22.8 Å². The van der Waals surface area contributed by atoms with Gasteiger partial charge in [-0.3, -0.25) is 0 Å². The number of carbonyl (C=O) groups is 1. The number of benzene rings is 1. The van der Waals surface area contributed by atoms with Gasteiger partial charge in [0.1, 0.15) is 17.1 Å². The molecule has 4 heteroatoms. The second-order valence-corrected chi connectivity index (χ2v) is 2.77. The summed E-state index contributed by atoms with van der Waals surface area (Å²) in [6.07, 6.45) is 0.399. The van der Waals surface area contributed by atoms with E-state index in [1.807, 2.05) is 0 Å². The highest BCUT2D eigenvalue weighted by molar-refractivity contribution is 5.91. The topological polar surface area (TPSA) is 46.5 Å². The maximum Gasteiger partial charge on any atom is 0.339 e. The monoisotopic (exact) mass is 198 g/mol. The zero-order valence-corrected chi connectivity index (χ0v) is 8.00. The van der Waals surface area contributed by atoms with E-state index in [-0.39, 0.29) is 11.3 Å². The Hall–Kier alpha value is -1.58. The molecule has 1 rings (SSSR count). The van der Waals surface area contributed by atoms with Gasteiger partial charge in [0.2, 0.25) is 0 Å². The second-order valence-electron chi connectivity index (χ2n) is 2.77. The number of hydrogen-bond acceptors (Lipinski definition) is 2. The summed E-state index contributed by atoms with van der Waals surface area (Å²) in [4.78, 5) is 10.8. The zero-order valence-electron chi connectivity index (χ0n) is 8.00. The largest absolute Gasteiger partial charge is 0.495 e. The van der Waals surface area contributed by atoms with Crippen molar-refractivity contribution in [2.45, 2.75) is 13.3 Å². The van der Waals surface area contributed by atoms with Crippen molar-refractivity contribution in [3.63, 3.8) is 0 Å². The van der Waals surface area contributed by atoms with Crippen molar-refractivity contribution in [3.05, 3.63) is 29.1 Å². The summed E-state index contributed by atoms with van der Waals surface area (Å²) in [6, 6.07) is 2.35. The molecular formula is C10H11FO3. The normalized spacial score (nSPS) is 9.93. The van der Waals surface area contributed by atoms with Gasteiger partial charge >= 0.3 is 5.97 Å². The number of methoxy groups -OCH3 is 1. The van der Waals surface area contributed by atoms with Gasteiger partial charge in [-0.15, -0.1) is 0 Å². The summed E-state index contributed by atoms with van der Waals surface area (Å²) in [5.74, 6) is -1.44. The van der Waals surface area contributed by atoms with Gasteiger partial charge in [0.25, 0.3) is 0 Å². The summed E-state index contributed by atoms with van der Waals surface area (Å²) in [5.41, 5.74) is 0.290. The van der Waals surface area contributed by atoms with E-state index in [0.29, 0.717) is 12.0 Å². The molecule has 0 atom stereocenters. The molecular weight excluding hydrogens is 187 g/mol. The molecule has 0 radical (unpaired) electrons. The molecule has 0 unspecified atom stereocenters. The van der Waals surface area contributed by atoms with Gasteiger partial charge < -0.3 is 9.84 Å². The van der Waals surface area contributed by atoms with Crippen LogP contribution in [0.25, 0.3) is 0 Å². The van der Waals surface area contributed by atoms with E-state index < -0.39 is 11.8 Å². The maximum absolute atomic E-state index is 13.2. The minimum absolute atomic E-state index is 0.00856. The lowest BCUT2D eigenvalue weighted by molar-refractivity contribution is 0.0693. The predicted molar refractivity (Wildman–Crippen MR) is 49.3 cm³/mol. The second kappa shape index (κ2) is 4.09. The van der Waals surface area contributed by atoms with Crippen LogP contribution in [-0.4, -0.2) is 18.2 Å². The number of halogens is 1. The first kappa shape index (κ1) is 10.5. The third kappa shape index (κ3) is 1.69. The number of aromatic carboxylic acids is 1. The third-order valence-corrected chi connectivity index (χ3v) is 1.99. The van der Waals surface area contributed by atoms with Crippen LogP contribution in [0.4, 0.5) is 4.39 Å². The Kier molecular flexibility index (Phi) is 3.06.